The summed E-state index contributed by atoms with van der Waals surface area (Å²) in [5.41, 5.74) is 1.32. The van der Waals surface area contributed by atoms with Crippen molar-refractivity contribution < 1.29 is 18.7 Å². The van der Waals surface area contributed by atoms with Crippen LogP contribution in [0.1, 0.15) is 16.1 Å². The van der Waals surface area contributed by atoms with Crippen molar-refractivity contribution in [1.29, 1.82) is 0 Å². The number of hydrogen-bond donors (Lipinski definition) is 1. The van der Waals surface area contributed by atoms with Gasteiger partial charge in [-0.05, 0) is 31.2 Å². The van der Waals surface area contributed by atoms with Crippen LogP contribution >= 0.6 is 11.3 Å². The number of aryl methyl sites for hydroxylation is 1. The van der Waals surface area contributed by atoms with E-state index >= 15 is 0 Å². The second-order valence-corrected chi connectivity index (χ2v) is 7.23. The second-order valence-electron chi connectivity index (χ2n) is 6.22. The van der Waals surface area contributed by atoms with Crippen LogP contribution in [0.2, 0.25) is 0 Å². The number of ether oxygens (including phenoxy) is 2. The number of rotatable bonds is 5. The molecule has 0 spiro atoms. The SMILES string of the molecule is COc1cc(OC)cc(C(=O)Nc2cc(C)nn2-c2nc3c(F)cccc3s2)c1. The Labute approximate surface area is 169 Å². The quantitative estimate of drug-likeness (QED) is 0.532. The molecule has 9 heteroatoms. The second kappa shape index (κ2) is 7.51. The van der Waals surface area contributed by atoms with E-state index in [1.54, 1.807) is 43.3 Å². The maximum absolute atomic E-state index is 14.0. The molecule has 0 fully saturated rings. The molecule has 0 aliphatic carbocycles. The van der Waals surface area contributed by atoms with Crippen LogP contribution in [0.5, 0.6) is 11.5 Å². The number of hydrogen-bond acceptors (Lipinski definition) is 6. The van der Waals surface area contributed by atoms with E-state index in [9.17, 15) is 9.18 Å². The molecule has 0 unspecified atom stereocenters. The molecule has 7 nitrogen and oxygen atoms in total. The lowest BCUT2D eigenvalue weighted by atomic mass is 10.2. The van der Waals surface area contributed by atoms with E-state index in [0.717, 1.165) is 0 Å². The zero-order chi connectivity index (χ0) is 20.5. The Kier molecular flexibility index (Phi) is 4.89. The lowest BCUT2D eigenvalue weighted by molar-refractivity contribution is 0.102. The summed E-state index contributed by atoms with van der Waals surface area (Å²) in [5.74, 6) is 0.661. The average Bonchev–Trinajstić information content (AvgIpc) is 3.31. The summed E-state index contributed by atoms with van der Waals surface area (Å²) in [6.07, 6.45) is 0. The molecule has 0 saturated carbocycles. The zero-order valence-electron chi connectivity index (χ0n) is 15.9. The van der Waals surface area contributed by atoms with Gasteiger partial charge >= 0.3 is 0 Å². The molecular formula is C20H17FN4O3S. The Bertz CT molecular complexity index is 1200. The van der Waals surface area contributed by atoms with Crippen molar-refractivity contribution in [3.63, 3.8) is 0 Å². The number of carbonyl (C=O) groups is 1. The lowest BCUT2D eigenvalue weighted by Crippen LogP contribution is -2.15. The fourth-order valence-electron chi connectivity index (χ4n) is 2.86. The third-order valence-corrected chi connectivity index (χ3v) is 5.22. The third-order valence-electron chi connectivity index (χ3n) is 4.23. The topological polar surface area (TPSA) is 78.3 Å². The van der Waals surface area contributed by atoms with Gasteiger partial charge < -0.3 is 14.8 Å². The van der Waals surface area contributed by atoms with Crippen molar-refractivity contribution in [3.05, 3.63) is 59.5 Å². The van der Waals surface area contributed by atoms with E-state index in [0.29, 0.717) is 38.4 Å². The highest BCUT2D eigenvalue weighted by Crippen LogP contribution is 2.29. The first-order chi connectivity index (χ1) is 14.0. The number of anilines is 1. The van der Waals surface area contributed by atoms with Gasteiger partial charge in [0.2, 0.25) is 5.13 Å². The van der Waals surface area contributed by atoms with E-state index in [1.165, 1.54) is 36.3 Å². The number of amides is 1. The molecule has 0 radical (unpaired) electrons. The summed E-state index contributed by atoms with van der Waals surface area (Å²) in [6, 6.07) is 11.4. The molecule has 29 heavy (non-hydrogen) atoms. The first-order valence-electron chi connectivity index (χ1n) is 8.65. The van der Waals surface area contributed by atoms with Crippen LogP contribution in [0.4, 0.5) is 10.2 Å². The zero-order valence-corrected chi connectivity index (χ0v) is 16.7. The molecule has 2 aromatic carbocycles. The molecule has 2 aromatic heterocycles. The minimum Gasteiger partial charge on any atom is -0.497 e. The summed E-state index contributed by atoms with van der Waals surface area (Å²) < 4.78 is 26.6. The molecular weight excluding hydrogens is 395 g/mol. The van der Waals surface area contributed by atoms with Crippen LogP contribution in [0, 0.1) is 12.7 Å². The normalized spacial score (nSPS) is 10.9. The molecule has 1 amide bonds. The first-order valence-corrected chi connectivity index (χ1v) is 9.46. The van der Waals surface area contributed by atoms with Crippen molar-refractivity contribution >= 4 is 33.3 Å². The molecule has 4 rings (SSSR count). The maximum atomic E-state index is 14.0. The molecule has 1 N–H and O–H groups in total. The predicted molar refractivity (Wildman–Crippen MR) is 109 cm³/mol. The molecule has 4 aromatic rings. The van der Waals surface area contributed by atoms with Crippen molar-refractivity contribution in [2.75, 3.05) is 19.5 Å². The highest BCUT2D eigenvalue weighted by molar-refractivity contribution is 7.20. The molecule has 0 bridgehead atoms. The fourth-order valence-corrected chi connectivity index (χ4v) is 3.80. The largest absolute Gasteiger partial charge is 0.497 e. The van der Waals surface area contributed by atoms with E-state index in [4.69, 9.17) is 9.47 Å². The molecule has 2 heterocycles. The van der Waals surface area contributed by atoms with Gasteiger partial charge in [-0.15, -0.1) is 0 Å². The van der Waals surface area contributed by atoms with Gasteiger partial charge in [0, 0.05) is 17.7 Å². The highest BCUT2D eigenvalue weighted by Gasteiger charge is 2.17. The Balaban J connectivity index is 1.70. The Hall–Kier alpha value is -3.46. The molecule has 148 valence electrons. The number of aromatic nitrogens is 3. The van der Waals surface area contributed by atoms with Gasteiger partial charge in [-0.1, -0.05) is 17.4 Å². The number of nitrogens with zero attached hydrogens (tertiary/aromatic N) is 3. The van der Waals surface area contributed by atoms with E-state index in [1.807, 2.05) is 0 Å². The van der Waals surface area contributed by atoms with E-state index in [2.05, 4.69) is 15.4 Å². The molecule has 0 aliphatic rings. The Morgan fingerprint density at radius 2 is 1.86 bits per heavy atom. The van der Waals surface area contributed by atoms with Crippen LogP contribution < -0.4 is 14.8 Å². The van der Waals surface area contributed by atoms with Gasteiger partial charge in [0.25, 0.3) is 5.91 Å². The van der Waals surface area contributed by atoms with Gasteiger partial charge in [-0.25, -0.2) is 9.37 Å². The number of nitrogens with one attached hydrogen (secondary N) is 1. The van der Waals surface area contributed by atoms with Crippen LogP contribution in [-0.4, -0.2) is 34.9 Å². The fraction of sp³-hybridized carbons (Fsp3) is 0.150. The molecule has 0 atom stereocenters. The number of para-hydroxylation sites is 1. The third kappa shape index (κ3) is 3.64. The van der Waals surface area contributed by atoms with Crippen molar-refractivity contribution in [2.24, 2.45) is 0 Å². The summed E-state index contributed by atoms with van der Waals surface area (Å²) in [5, 5.41) is 7.68. The van der Waals surface area contributed by atoms with Crippen LogP contribution in [0.3, 0.4) is 0 Å². The summed E-state index contributed by atoms with van der Waals surface area (Å²) in [7, 11) is 3.03. The van der Waals surface area contributed by atoms with Gasteiger partial charge in [-0.2, -0.15) is 9.78 Å². The average molecular weight is 412 g/mol. The highest BCUT2D eigenvalue weighted by atomic mass is 32.1. The van der Waals surface area contributed by atoms with Gasteiger partial charge in [0.15, 0.2) is 0 Å². The van der Waals surface area contributed by atoms with Gasteiger partial charge in [-0.3, -0.25) is 4.79 Å². The minimum absolute atomic E-state index is 0.274. The van der Waals surface area contributed by atoms with Crippen molar-refractivity contribution in [1.82, 2.24) is 14.8 Å². The van der Waals surface area contributed by atoms with Gasteiger partial charge in [0.1, 0.15) is 28.7 Å². The number of methoxy groups -OCH3 is 2. The smallest absolute Gasteiger partial charge is 0.257 e. The summed E-state index contributed by atoms with van der Waals surface area (Å²) in [4.78, 5) is 17.2. The van der Waals surface area contributed by atoms with E-state index in [-0.39, 0.29) is 11.4 Å². The standard InChI is InChI=1S/C20H17FN4O3S/c1-11-7-17(22-19(26)12-8-13(27-2)10-14(9-12)28-3)25(24-11)20-23-18-15(21)5-4-6-16(18)29-20/h4-10H,1-3H3,(H,22,26). The molecule has 0 saturated heterocycles. The number of fused-ring (bicyclic) bond motifs is 1. The Morgan fingerprint density at radius 1 is 1.14 bits per heavy atom. The number of thiazole rings is 1. The van der Waals surface area contributed by atoms with Crippen LogP contribution in [0.25, 0.3) is 15.3 Å². The van der Waals surface area contributed by atoms with E-state index < -0.39 is 5.82 Å². The van der Waals surface area contributed by atoms with Gasteiger partial charge in [0.05, 0.1) is 24.6 Å². The number of carbonyl (C=O) groups excluding carboxylic acids is 1. The number of halogens is 1. The minimum atomic E-state index is -0.400. The molecule has 0 aliphatic heterocycles. The number of benzene rings is 2. The monoisotopic (exact) mass is 412 g/mol. The van der Waals surface area contributed by atoms with Crippen LogP contribution in [0.15, 0.2) is 42.5 Å². The maximum Gasteiger partial charge on any atom is 0.257 e. The predicted octanol–water partition coefficient (Wildman–Crippen LogP) is 4.20. The summed E-state index contributed by atoms with van der Waals surface area (Å²) >= 11 is 1.29. The van der Waals surface area contributed by atoms with Crippen molar-refractivity contribution in [2.45, 2.75) is 6.92 Å². The van der Waals surface area contributed by atoms with Crippen molar-refractivity contribution in [3.8, 4) is 16.6 Å². The first kappa shape index (κ1) is 18.9. The summed E-state index contributed by atoms with van der Waals surface area (Å²) in [6.45, 7) is 1.80. The lowest BCUT2D eigenvalue weighted by Gasteiger charge is -2.09. The van der Waals surface area contributed by atoms with Crippen LogP contribution in [-0.2, 0) is 0 Å². The Morgan fingerprint density at radius 3 is 2.52 bits per heavy atom.